The molecule has 0 saturated carbocycles. The molecular formula is C16H8Br2N2O2S. The molecule has 0 aliphatic carbocycles. The minimum absolute atomic E-state index is 0.100. The monoisotopic (exact) mass is 450 g/mol. The van der Waals surface area contributed by atoms with Gasteiger partial charge in [0.2, 0.25) is 0 Å². The Bertz CT molecular complexity index is 1180. The molecule has 0 atom stereocenters. The minimum Gasteiger partial charge on any atom is -0.506 e. The van der Waals surface area contributed by atoms with Crippen LogP contribution in [0.2, 0.25) is 0 Å². The van der Waals surface area contributed by atoms with Gasteiger partial charge in [-0.3, -0.25) is 4.79 Å². The lowest BCUT2D eigenvalue weighted by Crippen LogP contribution is -2.22. The Balaban J connectivity index is 2.04. The summed E-state index contributed by atoms with van der Waals surface area (Å²) in [6.07, 6.45) is 1.68. The fourth-order valence-electron chi connectivity index (χ4n) is 2.45. The Morgan fingerprint density at radius 3 is 2.83 bits per heavy atom. The van der Waals surface area contributed by atoms with Crippen LogP contribution in [0.1, 0.15) is 5.56 Å². The quantitative estimate of drug-likeness (QED) is 0.480. The number of aromatic hydroxyl groups is 1. The molecule has 0 aliphatic heterocycles. The van der Waals surface area contributed by atoms with Crippen LogP contribution in [0.4, 0.5) is 0 Å². The predicted octanol–water partition coefficient (Wildman–Crippen LogP) is 3.69. The van der Waals surface area contributed by atoms with E-state index in [0.29, 0.717) is 19.5 Å². The number of hydrogen-bond acceptors (Lipinski definition) is 4. The maximum absolute atomic E-state index is 12.7. The van der Waals surface area contributed by atoms with Gasteiger partial charge in [-0.05, 0) is 46.3 Å². The van der Waals surface area contributed by atoms with Gasteiger partial charge in [-0.25, -0.2) is 9.38 Å². The number of benzene rings is 2. The number of imidazole rings is 1. The Kier molecular flexibility index (Phi) is 3.51. The first-order valence-electron chi connectivity index (χ1n) is 6.64. The molecule has 4 rings (SSSR count). The number of fused-ring (bicyclic) bond motifs is 3. The summed E-state index contributed by atoms with van der Waals surface area (Å²) >= 11 is 7.99. The van der Waals surface area contributed by atoms with Gasteiger partial charge in [0.15, 0.2) is 4.96 Å². The number of halogens is 2. The van der Waals surface area contributed by atoms with Gasteiger partial charge >= 0.3 is 0 Å². The lowest BCUT2D eigenvalue weighted by atomic mass is 10.2. The number of thiazole rings is 1. The maximum Gasteiger partial charge on any atom is 0.274 e. The molecule has 2 aromatic carbocycles. The number of nitrogens with zero attached hydrogens (tertiary/aromatic N) is 2. The van der Waals surface area contributed by atoms with Crippen LogP contribution >= 0.6 is 43.2 Å². The highest BCUT2D eigenvalue weighted by Gasteiger charge is 2.12. The molecule has 0 unspecified atom stereocenters. The molecule has 2 heterocycles. The van der Waals surface area contributed by atoms with E-state index in [1.54, 1.807) is 22.6 Å². The average molecular weight is 452 g/mol. The lowest BCUT2D eigenvalue weighted by molar-refractivity contribution is 0.470. The van der Waals surface area contributed by atoms with Crippen LogP contribution in [-0.2, 0) is 0 Å². The topological polar surface area (TPSA) is 54.6 Å². The fourth-order valence-corrected chi connectivity index (χ4v) is 4.69. The van der Waals surface area contributed by atoms with Gasteiger partial charge in [0.1, 0.15) is 5.75 Å². The van der Waals surface area contributed by atoms with Crippen molar-refractivity contribution in [3.63, 3.8) is 0 Å². The lowest BCUT2D eigenvalue weighted by Gasteiger charge is -2.02. The van der Waals surface area contributed by atoms with E-state index in [0.717, 1.165) is 15.5 Å². The van der Waals surface area contributed by atoms with Gasteiger partial charge in [-0.1, -0.05) is 39.4 Å². The third-order valence-corrected chi connectivity index (χ3v) is 5.52. The second-order valence-corrected chi connectivity index (χ2v) is 7.74. The summed E-state index contributed by atoms with van der Waals surface area (Å²) in [5.74, 6) is 0.100. The van der Waals surface area contributed by atoms with E-state index in [2.05, 4.69) is 36.8 Å². The first-order chi connectivity index (χ1) is 11.0. The van der Waals surface area contributed by atoms with Crippen LogP contribution < -0.4 is 10.1 Å². The van der Waals surface area contributed by atoms with Crippen LogP contribution in [0.5, 0.6) is 5.75 Å². The van der Waals surface area contributed by atoms with Gasteiger partial charge in [-0.2, -0.15) is 0 Å². The van der Waals surface area contributed by atoms with Crippen molar-refractivity contribution >= 4 is 65.3 Å². The summed E-state index contributed by atoms with van der Waals surface area (Å²) in [5.41, 5.74) is 2.03. The highest BCUT2D eigenvalue weighted by Crippen LogP contribution is 2.32. The summed E-state index contributed by atoms with van der Waals surface area (Å²) in [6.45, 7) is 0. The van der Waals surface area contributed by atoms with Crippen molar-refractivity contribution in [2.45, 2.75) is 0 Å². The van der Waals surface area contributed by atoms with Crippen molar-refractivity contribution in [1.82, 2.24) is 9.38 Å². The Hall–Kier alpha value is -1.70. The van der Waals surface area contributed by atoms with Crippen molar-refractivity contribution in [2.24, 2.45) is 0 Å². The number of rotatable bonds is 1. The number of phenolic OH excluding ortho intramolecular Hbond substituents is 1. The minimum atomic E-state index is -0.130. The second-order valence-electron chi connectivity index (χ2n) is 4.96. The zero-order valence-electron chi connectivity index (χ0n) is 11.5. The molecular weight excluding hydrogens is 444 g/mol. The fraction of sp³-hybridized carbons (Fsp3) is 0. The van der Waals surface area contributed by atoms with Crippen molar-refractivity contribution in [3.8, 4) is 5.75 Å². The summed E-state index contributed by atoms with van der Waals surface area (Å²) in [5, 5.41) is 10.2. The van der Waals surface area contributed by atoms with Gasteiger partial charge in [0.25, 0.3) is 5.56 Å². The summed E-state index contributed by atoms with van der Waals surface area (Å²) in [7, 11) is 0. The number of phenols is 1. The maximum atomic E-state index is 12.7. The molecule has 7 heteroatoms. The van der Waals surface area contributed by atoms with E-state index in [1.807, 2.05) is 24.3 Å². The van der Waals surface area contributed by atoms with E-state index in [1.165, 1.54) is 11.3 Å². The zero-order valence-corrected chi connectivity index (χ0v) is 15.4. The van der Waals surface area contributed by atoms with Crippen LogP contribution in [0.25, 0.3) is 22.1 Å². The summed E-state index contributed by atoms with van der Waals surface area (Å²) in [4.78, 5) is 17.8. The Morgan fingerprint density at radius 1 is 1.22 bits per heavy atom. The normalized spacial score (nSPS) is 12.5. The van der Waals surface area contributed by atoms with Crippen LogP contribution in [0.15, 0.2) is 50.1 Å². The third-order valence-electron chi connectivity index (χ3n) is 3.49. The molecule has 4 aromatic rings. The van der Waals surface area contributed by atoms with Crippen molar-refractivity contribution in [2.75, 3.05) is 0 Å². The molecule has 0 aliphatic rings. The van der Waals surface area contributed by atoms with E-state index in [4.69, 9.17) is 0 Å². The molecule has 0 saturated heterocycles. The van der Waals surface area contributed by atoms with E-state index < -0.39 is 0 Å². The molecule has 0 amide bonds. The van der Waals surface area contributed by atoms with E-state index >= 15 is 0 Å². The van der Waals surface area contributed by atoms with Gasteiger partial charge in [0.05, 0.1) is 20.0 Å². The van der Waals surface area contributed by atoms with Crippen LogP contribution in [0, 0.1) is 0 Å². The molecule has 2 aromatic heterocycles. The smallest absolute Gasteiger partial charge is 0.274 e. The molecule has 0 radical (unpaired) electrons. The summed E-state index contributed by atoms with van der Waals surface area (Å²) < 4.78 is 3.51. The van der Waals surface area contributed by atoms with Crippen LogP contribution in [-0.4, -0.2) is 14.5 Å². The number of aromatic nitrogens is 2. The molecule has 1 N–H and O–H groups in total. The number of para-hydroxylation sites is 2. The standard InChI is InChI=1S/C16H8Br2N2O2S/c17-9-5-8(14(21)10(18)7-9)6-13-15(22)20-12-4-2-1-3-11(12)19-16(20)23-13/h1-7,21H. The van der Waals surface area contributed by atoms with Crippen molar-refractivity contribution < 1.29 is 5.11 Å². The molecule has 23 heavy (non-hydrogen) atoms. The largest absolute Gasteiger partial charge is 0.506 e. The predicted molar refractivity (Wildman–Crippen MR) is 99.1 cm³/mol. The Labute approximate surface area is 151 Å². The first kappa shape index (κ1) is 14.9. The van der Waals surface area contributed by atoms with Gasteiger partial charge in [-0.15, -0.1) is 0 Å². The average Bonchev–Trinajstić information content (AvgIpc) is 3.01. The SMILES string of the molecule is O=c1c(=Cc2cc(Br)cc(Br)c2O)sc2nc3ccccc3n12. The molecule has 4 nitrogen and oxygen atoms in total. The highest BCUT2D eigenvalue weighted by atomic mass is 79.9. The molecule has 0 fully saturated rings. The molecule has 0 spiro atoms. The highest BCUT2D eigenvalue weighted by molar-refractivity contribution is 9.11. The number of hydrogen-bond donors (Lipinski definition) is 1. The van der Waals surface area contributed by atoms with Crippen molar-refractivity contribution in [1.29, 1.82) is 0 Å². The second kappa shape index (κ2) is 5.43. The van der Waals surface area contributed by atoms with Crippen molar-refractivity contribution in [3.05, 3.63) is 65.8 Å². The zero-order chi connectivity index (χ0) is 16.1. The third kappa shape index (κ3) is 2.39. The van der Waals surface area contributed by atoms with Gasteiger partial charge in [0, 0.05) is 10.0 Å². The Morgan fingerprint density at radius 2 is 2.00 bits per heavy atom. The van der Waals surface area contributed by atoms with E-state index in [9.17, 15) is 9.90 Å². The first-order valence-corrected chi connectivity index (χ1v) is 9.04. The van der Waals surface area contributed by atoms with Gasteiger partial charge < -0.3 is 5.11 Å². The molecule has 0 bridgehead atoms. The summed E-state index contributed by atoms with van der Waals surface area (Å²) in [6, 6.07) is 11.1. The van der Waals surface area contributed by atoms with Crippen LogP contribution in [0.3, 0.4) is 0 Å². The molecule has 114 valence electrons. The van der Waals surface area contributed by atoms with E-state index in [-0.39, 0.29) is 11.3 Å².